The van der Waals surface area contributed by atoms with Crippen molar-refractivity contribution >= 4 is 27.0 Å². The van der Waals surface area contributed by atoms with Crippen LogP contribution >= 0.6 is 0 Å². The van der Waals surface area contributed by atoms with Crippen LogP contribution in [0.2, 0.25) is 0 Å². The predicted molar refractivity (Wildman–Crippen MR) is 144 cm³/mol. The van der Waals surface area contributed by atoms with Gasteiger partial charge in [0.15, 0.2) is 0 Å². The fourth-order valence-electron chi connectivity index (χ4n) is 4.52. The highest BCUT2D eigenvalue weighted by Gasteiger charge is 2.24. The first-order chi connectivity index (χ1) is 17.8. The monoisotopic (exact) mass is 538 g/mol. The van der Waals surface area contributed by atoms with Crippen LogP contribution in [0.5, 0.6) is 5.75 Å². The minimum atomic E-state index is -3.82. The number of halogens is 1. The van der Waals surface area contributed by atoms with E-state index in [1.165, 1.54) is 3.97 Å². The molecule has 7 nitrogen and oxygen atoms in total. The lowest BCUT2D eigenvalue weighted by atomic mass is 9.94. The summed E-state index contributed by atoms with van der Waals surface area (Å²) in [5.41, 5.74) is 6.96. The molecule has 2 aromatic heterocycles. The van der Waals surface area contributed by atoms with Crippen LogP contribution in [0, 0.1) is 27.7 Å². The molecule has 9 heteroatoms. The van der Waals surface area contributed by atoms with Crippen molar-refractivity contribution in [1.82, 2.24) is 8.96 Å². The number of carbonyl (C=O) groups is 1. The number of alkyl halides is 1. The van der Waals surface area contributed by atoms with Crippen LogP contribution in [0.3, 0.4) is 0 Å². The van der Waals surface area contributed by atoms with Gasteiger partial charge >= 0.3 is 12.3 Å². The van der Waals surface area contributed by atoms with Crippen molar-refractivity contribution in [3.05, 3.63) is 87.7 Å². The topological polar surface area (TPSA) is 98.5 Å². The van der Waals surface area contributed by atoms with Gasteiger partial charge in [-0.3, -0.25) is 4.98 Å². The number of benzene rings is 2. The number of hydrogen-bond acceptors (Lipinski definition) is 5. The van der Waals surface area contributed by atoms with Crippen LogP contribution < -0.4 is 4.74 Å². The van der Waals surface area contributed by atoms with Crippen LogP contribution in [0.4, 0.5) is 4.39 Å². The van der Waals surface area contributed by atoms with E-state index < -0.39 is 22.4 Å². The summed E-state index contributed by atoms with van der Waals surface area (Å²) in [6.07, 6.45) is -0.332. The summed E-state index contributed by atoms with van der Waals surface area (Å²) >= 11 is 0. The lowest BCUT2D eigenvalue weighted by Crippen LogP contribution is -2.22. The molecule has 2 heterocycles. The molecule has 0 saturated heterocycles. The number of carboxylic acid groups (broad SMARTS) is 1. The van der Waals surface area contributed by atoms with Gasteiger partial charge in [0, 0.05) is 18.3 Å². The molecule has 38 heavy (non-hydrogen) atoms. The Morgan fingerprint density at radius 2 is 1.71 bits per heavy atom. The van der Waals surface area contributed by atoms with Crippen molar-refractivity contribution in [1.29, 1.82) is 0 Å². The normalized spacial score (nSPS) is 12.7. The fraction of sp³-hybridized carbons (Fsp3) is 0.310. The number of nitrogens with zero attached hydrogens (tertiary/aromatic N) is 2. The molecular formula is C29H31FN2O5S. The average Bonchev–Trinajstić information content (AvgIpc) is 3.25. The molecule has 0 fully saturated rings. The second-order valence-electron chi connectivity index (χ2n) is 9.89. The van der Waals surface area contributed by atoms with Crippen molar-refractivity contribution in [2.75, 3.05) is 0 Å². The first kappa shape index (κ1) is 27.3. The molecule has 0 bridgehead atoms. The number of rotatable bonds is 8. The Kier molecular flexibility index (Phi) is 7.34. The van der Waals surface area contributed by atoms with Crippen molar-refractivity contribution in [3.63, 3.8) is 0 Å². The van der Waals surface area contributed by atoms with Gasteiger partial charge in [0.1, 0.15) is 5.75 Å². The molecule has 1 N–H and O–H groups in total. The van der Waals surface area contributed by atoms with Crippen LogP contribution in [0.1, 0.15) is 58.8 Å². The number of aliphatic carboxylic acids is 1. The highest BCUT2D eigenvalue weighted by Crippen LogP contribution is 2.33. The summed E-state index contributed by atoms with van der Waals surface area (Å²) < 4.78 is 47.0. The van der Waals surface area contributed by atoms with Crippen molar-refractivity contribution in [2.45, 2.75) is 65.1 Å². The highest BCUT2D eigenvalue weighted by atomic mass is 32.2. The van der Waals surface area contributed by atoms with Gasteiger partial charge in [0.2, 0.25) is 0 Å². The summed E-state index contributed by atoms with van der Waals surface area (Å²) in [4.78, 5) is 16.0. The second kappa shape index (κ2) is 10.2. The second-order valence-corrected chi connectivity index (χ2v) is 11.7. The predicted octanol–water partition coefficient (Wildman–Crippen LogP) is 5.98. The zero-order chi connectivity index (χ0) is 27.9. The molecule has 0 amide bonds. The van der Waals surface area contributed by atoms with Crippen LogP contribution in [0.15, 0.2) is 53.6 Å². The maximum absolute atomic E-state index is 13.7. The minimum absolute atomic E-state index is 0.0414. The summed E-state index contributed by atoms with van der Waals surface area (Å²) in [5, 5.41) is 8.85. The van der Waals surface area contributed by atoms with Gasteiger partial charge in [-0.2, -0.15) is 4.39 Å². The van der Waals surface area contributed by atoms with Crippen LogP contribution in [-0.4, -0.2) is 34.8 Å². The lowest BCUT2D eigenvalue weighted by Gasteiger charge is -2.18. The Bertz CT molecular complexity index is 1640. The van der Waals surface area contributed by atoms with E-state index in [9.17, 15) is 17.6 Å². The molecule has 0 spiro atoms. The third-order valence-electron chi connectivity index (χ3n) is 6.89. The van der Waals surface area contributed by atoms with Gasteiger partial charge in [0.05, 0.1) is 15.9 Å². The number of ether oxygens (including phenoxy) is 1. The van der Waals surface area contributed by atoms with Crippen molar-refractivity contribution in [3.8, 4) is 5.75 Å². The largest absolute Gasteiger partial charge is 0.476 e. The molecule has 200 valence electrons. The van der Waals surface area contributed by atoms with E-state index in [-0.39, 0.29) is 16.6 Å². The van der Waals surface area contributed by atoms with Crippen LogP contribution in [-0.2, 0) is 21.2 Å². The van der Waals surface area contributed by atoms with Gasteiger partial charge in [-0.15, -0.1) is 0 Å². The van der Waals surface area contributed by atoms with E-state index in [0.717, 1.165) is 33.5 Å². The van der Waals surface area contributed by atoms with Gasteiger partial charge in [-0.1, -0.05) is 31.5 Å². The molecule has 1 atom stereocenters. The molecule has 0 aliphatic heterocycles. The van der Waals surface area contributed by atoms with E-state index in [4.69, 9.17) is 14.8 Å². The standard InChI is InChI=1S/C29H31FN2O5S/c1-16(2)24-15-32(38(35,36)22-10-7-17(3)8-11-22)25-12-9-21(31-27(24)25)14-23-18(4)13-26(20(6)19(23)5)37-28(30)29(33)34/h7-13,15-16,28H,14H2,1-6H3,(H,33,34). The van der Waals surface area contributed by atoms with E-state index in [2.05, 4.69) is 0 Å². The SMILES string of the molecule is Cc1ccc(S(=O)(=O)n2cc(C(C)C)c3nc(Cc4c(C)cc(OC(F)C(=O)O)c(C)c4C)ccc32)cc1. The number of aromatic nitrogens is 2. The lowest BCUT2D eigenvalue weighted by molar-refractivity contribution is -0.153. The van der Waals surface area contributed by atoms with Gasteiger partial charge in [0.25, 0.3) is 10.0 Å². The quantitative estimate of drug-likeness (QED) is 0.296. The van der Waals surface area contributed by atoms with Crippen molar-refractivity contribution in [2.24, 2.45) is 0 Å². The van der Waals surface area contributed by atoms with E-state index in [1.807, 2.05) is 40.7 Å². The van der Waals surface area contributed by atoms with Crippen LogP contribution in [0.25, 0.3) is 11.0 Å². The smallest absolute Gasteiger partial charge is 0.378 e. The first-order valence-electron chi connectivity index (χ1n) is 12.3. The Hall–Kier alpha value is -3.72. The summed E-state index contributed by atoms with van der Waals surface area (Å²) in [7, 11) is -3.82. The number of fused-ring (bicyclic) bond motifs is 1. The zero-order valence-corrected chi connectivity index (χ0v) is 23.1. The Labute approximate surface area is 222 Å². The molecule has 4 rings (SSSR count). The third-order valence-corrected chi connectivity index (χ3v) is 8.58. The maximum atomic E-state index is 13.7. The summed E-state index contributed by atoms with van der Waals surface area (Å²) in [5.74, 6) is -1.46. The minimum Gasteiger partial charge on any atom is -0.476 e. The number of carboxylic acids is 1. The Morgan fingerprint density at radius 1 is 1.05 bits per heavy atom. The molecule has 0 saturated carbocycles. The van der Waals surface area contributed by atoms with E-state index in [1.54, 1.807) is 49.5 Å². The number of pyridine rings is 1. The Balaban J connectivity index is 1.77. The molecule has 2 aromatic carbocycles. The Morgan fingerprint density at radius 3 is 2.32 bits per heavy atom. The van der Waals surface area contributed by atoms with E-state index >= 15 is 0 Å². The van der Waals surface area contributed by atoms with E-state index in [0.29, 0.717) is 23.0 Å². The average molecular weight is 539 g/mol. The molecule has 0 aliphatic carbocycles. The summed E-state index contributed by atoms with van der Waals surface area (Å²) in [6, 6.07) is 12.0. The molecular weight excluding hydrogens is 507 g/mol. The number of aryl methyl sites for hydroxylation is 2. The van der Waals surface area contributed by atoms with Gasteiger partial charge < -0.3 is 9.84 Å². The zero-order valence-electron chi connectivity index (χ0n) is 22.2. The fourth-order valence-corrected chi connectivity index (χ4v) is 5.89. The van der Waals surface area contributed by atoms with Gasteiger partial charge in [-0.25, -0.2) is 17.2 Å². The van der Waals surface area contributed by atoms with Crippen molar-refractivity contribution < 1.29 is 27.4 Å². The molecule has 4 aromatic rings. The molecule has 0 aliphatic rings. The number of hydrogen-bond donors (Lipinski definition) is 1. The molecule has 1 unspecified atom stereocenters. The maximum Gasteiger partial charge on any atom is 0.378 e. The first-order valence-corrected chi connectivity index (χ1v) is 13.7. The van der Waals surface area contributed by atoms with Gasteiger partial charge in [-0.05, 0) is 91.8 Å². The highest BCUT2D eigenvalue weighted by molar-refractivity contribution is 7.90. The molecule has 0 radical (unpaired) electrons. The third kappa shape index (κ3) is 5.03. The summed E-state index contributed by atoms with van der Waals surface area (Å²) in [6.45, 7) is 11.4.